The van der Waals surface area contributed by atoms with E-state index in [9.17, 15) is 8.42 Å². The molecule has 2 N–H and O–H groups in total. The first kappa shape index (κ1) is 13.9. The second-order valence-corrected chi connectivity index (χ2v) is 6.52. The highest BCUT2D eigenvalue weighted by molar-refractivity contribution is 7.90. The molecule has 1 fully saturated rings. The van der Waals surface area contributed by atoms with Crippen molar-refractivity contribution in [3.8, 4) is 0 Å². The van der Waals surface area contributed by atoms with Crippen LogP contribution >= 0.6 is 0 Å². The molecule has 0 saturated carbocycles. The Morgan fingerprint density at radius 1 is 1.44 bits per heavy atom. The first-order valence-corrected chi connectivity index (χ1v) is 7.86. The first-order chi connectivity index (χ1) is 7.60. The third kappa shape index (κ3) is 4.03. The molecule has 2 atom stereocenters. The SMILES string of the molecule is CCCC(CC)NS(=O)(=O)C1CCCNC1. The molecule has 0 amide bonds. The molecule has 1 heterocycles. The second kappa shape index (κ2) is 6.57. The zero-order valence-electron chi connectivity index (χ0n) is 10.3. The Bertz CT molecular complexity index is 284. The summed E-state index contributed by atoms with van der Waals surface area (Å²) in [5.74, 6) is 0. The van der Waals surface area contributed by atoms with Gasteiger partial charge in [-0.25, -0.2) is 13.1 Å². The zero-order chi connectivity index (χ0) is 12.0. The second-order valence-electron chi connectivity index (χ2n) is 4.53. The van der Waals surface area contributed by atoms with E-state index in [4.69, 9.17) is 0 Å². The number of nitrogens with one attached hydrogen (secondary N) is 2. The fourth-order valence-corrected chi connectivity index (χ4v) is 3.86. The average molecular weight is 248 g/mol. The van der Waals surface area contributed by atoms with Crippen molar-refractivity contribution in [3.05, 3.63) is 0 Å². The van der Waals surface area contributed by atoms with Crippen molar-refractivity contribution < 1.29 is 8.42 Å². The summed E-state index contributed by atoms with van der Waals surface area (Å²) in [6.45, 7) is 5.65. The van der Waals surface area contributed by atoms with E-state index in [1.165, 1.54) is 0 Å². The number of hydrogen-bond acceptors (Lipinski definition) is 3. The molecule has 0 aliphatic carbocycles. The highest BCUT2D eigenvalue weighted by atomic mass is 32.2. The lowest BCUT2D eigenvalue weighted by Crippen LogP contribution is -2.47. The summed E-state index contributed by atoms with van der Waals surface area (Å²) < 4.78 is 27.0. The summed E-state index contributed by atoms with van der Waals surface area (Å²) in [5, 5.41) is 2.90. The van der Waals surface area contributed by atoms with Gasteiger partial charge in [0.05, 0.1) is 5.25 Å². The number of rotatable bonds is 6. The van der Waals surface area contributed by atoms with Crippen LogP contribution < -0.4 is 10.0 Å². The van der Waals surface area contributed by atoms with Gasteiger partial charge < -0.3 is 5.32 Å². The van der Waals surface area contributed by atoms with Crippen LogP contribution in [0.2, 0.25) is 0 Å². The molecule has 4 nitrogen and oxygen atoms in total. The zero-order valence-corrected chi connectivity index (χ0v) is 11.1. The summed E-state index contributed by atoms with van der Waals surface area (Å²) in [7, 11) is -3.13. The molecular formula is C11H24N2O2S. The lowest BCUT2D eigenvalue weighted by Gasteiger charge is -2.25. The molecule has 0 bridgehead atoms. The Balaban J connectivity index is 2.54. The lowest BCUT2D eigenvalue weighted by atomic mass is 10.1. The number of sulfonamides is 1. The van der Waals surface area contributed by atoms with Gasteiger partial charge >= 0.3 is 0 Å². The van der Waals surface area contributed by atoms with Gasteiger partial charge in [0.15, 0.2) is 0 Å². The van der Waals surface area contributed by atoms with Crippen LogP contribution in [0.15, 0.2) is 0 Å². The summed E-state index contributed by atoms with van der Waals surface area (Å²) in [4.78, 5) is 0. The third-order valence-corrected chi connectivity index (χ3v) is 5.09. The van der Waals surface area contributed by atoms with Gasteiger partial charge in [0.1, 0.15) is 0 Å². The van der Waals surface area contributed by atoms with Gasteiger partial charge in [-0.05, 0) is 32.2 Å². The highest BCUT2D eigenvalue weighted by Gasteiger charge is 2.28. The minimum atomic E-state index is -3.13. The normalized spacial score (nSPS) is 24.2. The summed E-state index contributed by atoms with van der Waals surface area (Å²) in [6.07, 6.45) is 4.55. The quantitative estimate of drug-likeness (QED) is 0.743. The molecule has 0 spiro atoms. The maximum atomic E-state index is 12.1. The molecular weight excluding hydrogens is 224 g/mol. The predicted molar refractivity (Wildman–Crippen MR) is 66.9 cm³/mol. The molecule has 1 saturated heterocycles. The Morgan fingerprint density at radius 3 is 2.69 bits per heavy atom. The maximum Gasteiger partial charge on any atom is 0.215 e. The predicted octanol–water partition coefficient (Wildman–Crippen LogP) is 1.24. The van der Waals surface area contributed by atoms with Crippen molar-refractivity contribution >= 4 is 10.0 Å². The van der Waals surface area contributed by atoms with Gasteiger partial charge in [-0.3, -0.25) is 0 Å². The van der Waals surface area contributed by atoms with E-state index in [0.29, 0.717) is 6.54 Å². The summed E-state index contributed by atoms with van der Waals surface area (Å²) >= 11 is 0. The minimum Gasteiger partial charge on any atom is -0.315 e. The minimum absolute atomic E-state index is 0.108. The van der Waals surface area contributed by atoms with E-state index in [-0.39, 0.29) is 11.3 Å². The standard InChI is InChI=1S/C11H24N2O2S/c1-3-6-10(4-2)13-16(14,15)11-7-5-8-12-9-11/h10-13H,3-9H2,1-2H3. The molecule has 0 aromatic rings. The molecule has 16 heavy (non-hydrogen) atoms. The summed E-state index contributed by atoms with van der Waals surface area (Å²) in [5.41, 5.74) is 0. The Labute approximate surface area is 99.2 Å². The van der Waals surface area contributed by atoms with Crippen molar-refractivity contribution in [2.75, 3.05) is 13.1 Å². The van der Waals surface area contributed by atoms with Crippen LogP contribution in [0.1, 0.15) is 46.0 Å². The largest absolute Gasteiger partial charge is 0.315 e. The van der Waals surface area contributed by atoms with Gasteiger partial charge in [-0.15, -0.1) is 0 Å². The van der Waals surface area contributed by atoms with Crippen LogP contribution in [0.4, 0.5) is 0 Å². The third-order valence-electron chi connectivity index (χ3n) is 3.15. The lowest BCUT2D eigenvalue weighted by molar-refractivity contribution is 0.469. The molecule has 0 radical (unpaired) electrons. The smallest absolute Gasteiger partial charge is 0.215 e. The van der Waals surface area contributed by atoms with Gasteiger partial charge in [0.25, 0.3) is 0 Å². The van der Waals surface area contributed by atoms with Gasteiger partial charge in [0.2, 0.25) is 10.0 Å². The average Bonchev–Trinajstić information content (AvgIpc) is 2.29. The van der Waals surface area contributed by atoms with Crippen LogP contribution in [0.5, 0.6) is 0 Å². The maximum absolute atomic E-state index is 12.1. The fourth-order valence-electron chi connectivity index (χ4n) is 2.11. The van der Waals surface area contributed by atoms with Crippen molar-refractivity contribution in [1.82, 2.24) is 10.0 Å². The van der Waals surface area contributed by atoms with Crippen molar-refractivity contribution in [3.63, 3.8) is 0 Å². The van der Waals surface area contributed by atoms with E-state index in [0.717, 1.165) is 38.6 Å². The molecule has 96 valence electrons. The van der Waals surface area contributed by atoms with Crippen molar-refractivity contribution in [2.24, 2.45) is 0 Å². The fraction of sp³-hybridized carbons (Fsp3) is 1.00. The molecule has 1 aliphatic heterocycles. The molecule has 0 aromatic carbocycles. The van der Waals surface area contributed by atoms with Crippen LogP contribution in [0.25, 0.3) is 0 Å². The van der Waals surface area contributed by atoms with Crippen LogP contribution in [0, 0.1) is 0 Å². The first-order valence-electron chi connectivity index (χ1n) is 6.32. The van der Waals surface area contributed by atoms with Gasteiger partial charge in [-0.2, -0.15) is 0 Å². The molecule has 5 heteroatoms. The highest BCUT2D eigenvalue weighted by Crippen LogP contribution is 2.13. The van der Waals surface area contributed by atoms with Crippen LogP contribution in [-0.4, -0.2) is 32.8 Å². The van der Waals surface area contributed by atoms with Gasteiger partial charge in [0, 0.05) is 12.6 Å². The van der Waals surface area contributed by atoms with E-state index in [1.807, 2.05) is 6.92 Å². The van der Waals surface area contributed by atoms with E-state index < -0.39 is 10.0 Å². The van der Waals surface area contributed by atoms with E-state index in [1.54, 1.807) is 0 Å². The van der Waals surface area contributed by atoms with E-state index >= 15 is 0 Å². The summed E-state index contributed by atoms with van der Waals surface area (Å²) in [6, 6.07) is 0.108. The molecule has 1 aliphatic rings. The van der Waals surface area contributed by atoms with Crippen molar-refractivity contribution in [2.45, 2.75) is 57.2 Å². The Kier molecular flexibility index (Phi) is 5.72. The Hall–Kier alpha value is -0.130. The molecule has 2 unspecified atom stereocenters. The topological polar surface area (TPSA) is 58.2 Å². The van der Waals surface area contributed by atoms with Crippen molar-refractivity contribution in [1.29, 1.82) is 0 Å². The monoisotopic (exact) mass is 248 g/mol. The Morgan fingerprint density at radius 2 is 2.19 bits per heavy atom. The van der Waals surface area contributed by atoms with E-state index in [2.05, 4.69) is 17.0 Å². The number of hydrogen-bond donors (Lipinski definition) is 2. The molecule has 1 rings (SSSR count). The van der Waals surface area contributed by atoms with Crippen LogP contribution in [-0.2, 0) is 10.0 Å². The van der Waals surface area contributed by atoms with Gasteiger partial charge in [-0.1, -0.05) is 20.3 Å². The molecule has 0 aromatic heterocycles. The number of piperidine rings is 1. The van der Waals surface area contributed by atoms with Crippen LogP contribution in [0.3, 0.4) is 0 Å².